The van der Waals surface area contributed by atoms with Gasteiger partial charge in [0.2, 0.25) is 0 Å². The fourth-order valence-corrected chi connectivity index (χ4v) is 10.9. The first kappa shape index (κ1) is 54.4. The van der Waals surface area contributed by atoms with E-state index in [2.05, 4.69) is 178 Å². The van der Waals surface area contributed by atoms with Crippen LogP contribution in [0.4, 0.5) is 0 Å². The van der Waals surface area contributed by atoms with Gasteiger partial charge in [-0.3, -0.25) is 0 Å². The molecule has 2 aliphatic carbocycles. The Morgan fingerprint density at radius 3 is 1.09 bits per heavy atom. The molecule has 4 heteroatoms. The fraction of sp³-hybridized carbons (Fsp3) is 0.500. The molecular formula is C60H80Cl2SiZr-2. The molecule has 64 heavy (non-hydrogen) atoms. The number of hydrogen-bond donors (Lipinski definition) is 0. The summed E-state index contributed by atoms with van der Waals surface area (Å²) in [5.41, 5.74) is 12.9. The first-order valence-electron chi connectivity index (χ1n) is 24.5. The molecule has 6 aromatic carbocycles. The van der Waals surface area contributed by atoms with E-state index in [1.54, 1.807) is 23.3 Å². The maximum atomic E-state index is 2.53. The first-order valence-corrected chi connectivity index (χ1v) is 30.7. The number of benzene rings is 4. The number of rotatable bonds is 6. The Kier molecular flexibility index (Phi) is 20.5. The molecule has 0 aromatic heterocycles. The average molecular weight is 992 g/mol. The van der Waals surface area contributed by atoms with E-state index < -0.39 is 0 Å². The van der Waals surface area contributed by atoms with Crippen molar-refractivity contribution in [3.63, 3.8) is 0 Å². The second kappa shape index (κ2) is 24.2. The summed E-state index contributed by atoms with van der Waals surface area (Å²) < 4.78 is 0. The molecule has 0 saturated heterocycles. The van der Waals surface area contributed by atoms with Gasteiger partial charge in [-0.05, 0) is 82.4 Å². The van der Waals surface area contributed by atoms with Crippen LogP contribution in [0, 0.1) is 10.8 Å². The molecule has 2 fully saturated rings. The van der Waals surface area contributed by atoms with Crippen molar-refractivity contribution in [1.29, 1.82) is 0 Å². The van der Waals surface area contributed by atoms with Gasteiger partial charge >= 0.3 is 41.9 Å². The molecule has 0 N–H and O–H groups in total. The van der Waals surface area contributed by atoms with Crippen LogP contribution in [-0.4, -0.2) is 5.43 Å². The standard InChI is InChI=1S/2C29H37.C2H6Si.2ClH.Zr/c2*1-28(2,3)27-16-9-8-14-25(27)24-15-12-13-23-19-22(20-26(23)24)21-29(4)17-10-6-5-7-11-18-29;1-3-2;;;/h2*8-9,12-16,19-20H,5-7,10-11,17-18,21H2,1-4H3;1-2H3;2*1H;/q2*-1;;;;+2/p-2. The molecule has 0 nitrogen and oxygen atoms in total. The molecule has 0 unspecified atom stereocenters. The Morgan fingerprint density at radius 2 is 0.766 bits per heavy atom. The zero-order valence-electron chi connectivity index (χ0n) is 41.5. The van der Waals surface area contributed by atoms with Gasteiger partial charge in [-0.15, -0.1) is 69.1 Å². The van der Waals surface area contributed by atoms with Crippen molar-refractivity contribution in [2.24, 2.45) is 10.8 Å². The van der Waals surface area contributed by atoms with Crippen LogP contribution in [0.25, 0.3) is 43.8 Å². The maximum Gasteiger partial charge on any atom is -1.00 e. The molecule has 6 aromatic rings. The minimum atomic E-state index is 0. The third kappa shape index (κ3) is 14.9. The Morgan fingerprint density at radius 1 is 0.469 bits per heavy atom. The van der Waals surface area contributed by atoms with Crippen molar-refractivity contribution < 1.29 is 48.1 Å². The fourth-order valence-electron chi connectivity index (χ4n) is 10.9. The summed E-state index contributed by atoms with van der Waals surface area (Å²) in [5.74, 6) is 0. The van der Waals surface area contributed by atoms with Crippen LogP contribution < -0.4 is 24.8 Å². The normalized spacial score (nSPS) is 16.6. The Hall–Kier alpha value is -2.22. The molecule has 344 valence electrons. The Bertz CT molecular complexity index is 2200. The summed E-state index contributed by atoms with van der Waals surface area (Å²) >= 11 is 1.74. The average Bonchev–Trinajstić information content (AvgIpc) is 3.80. The van der Waals surface area contributed by atoms with E-state index in [9.17, 15) is 0 Å². The third-order valence-corrected chi connectivity index (χ3v) is 14.1. The largest absolute Gasteiger partial charge is 1.00 e. The summed E-state index contributed by atoms with van der Waals surface area (Å²) in [6.45, 7) is 23.6. The van der Waals surface area contributed by atoms with Crippen LogP contribution in [0.3, 0.4) is 0 Å². The summed E-state index contributed by atoms with van der Waals surface area (Å²) in [6, 6.07) is 41.5. The molecule has 0 spiro atoms. The number of hydrogen-bond acceptors (Lipinski definition) is 0. The van der Waals surface area contributed by atoms with Crippen LogP contribution in [-0.2, 0) is 47.0 Å². The molecule has 0 heterocycles. The molecule has 2 saturated carbocycles. The van der Waals surface area contributed by atoms with Crippen molar-refractivity contribution >= 4 is 27.0 Å². The van der Waals surface area contributed by atoms with Gasteiger partial charge in [-0.25, -0.2) is 0 Å². The van der Waals surface area contributed by atoms with Crippen LogP contribution in [0.5, 0.6) is 0 Å². The molecular weight excluding hydrogens is 911 g/mol. The summed E-state index contributed by atoms with van der Waals surface area (Å²) in [4.78, 5) is 0. The van der Waals surface area contributed by atoms with Crippen LogP contribution in [0.15, 0.2) is 109 Å². The molecule has 2 aliphatic rings. The van der Waals surface area contributed by atoms with E-state index in [0.717, 1.165) is 0 Å². The topological polar surface area (TPSA) is 0 Å². The Labute approximate surface area is 418 Å². The zero-order valence-corrected chi connectivity index (χ0v) is 46.4. The van der Waals surface area contributed by atoms with Crippen LogP contribution in [0.1, 0.15) is 168 Å². The van der Waals surface area contributed by atoms with Crippen LogP contribution >= 0.6 is 0 Å². The van der Waals surface area contributed by atoms with Gasteiger partial charge in [0.25, 0.3) is 0 Å². The van der Waals surface area contributed by atoms with Gasteiger partial charge in [0, 0.05) is 0 Å². The second-order valence-corrected chi connectivity index (χ2v) is 31.8. The van der Waals surface area contributed by atoms with Gasteiger partial charge in [-0.2, -0.15) is 12.1 Å². The monoisotopic (exact) mass is 988 g/mol. The van der Waals surface area contributed by atoms with Crippen molar-refractivity contribution in [2.75, 3.05) is 0 Å². The van der Waals surface area contributed by atoms with Gasteiger partial charge in [0.15, 0.2) is 0 Å². The van der Waals surface area contributed by atoms with Gasteiger partial charge in [-0.1, -0.05) is 191 Å². The second-order valence-electron chi connectivity index (χ2n) is 22.4. The molecule has 0 aliphatic heterocycles. The summed E-state index contributed by atoms with van der Waals surface area (Å²) in [6.07, 6.45) is 22.2. The molecule has 0 atom stereocenters. The van der Waals surface area contributed by atoms with Gasteiger partial charge < -0.3 is 24.8 Å². The van der Waals surface area contributed by atoms with Crippen molar-refractivity contribution in [1.82, 2.24) is 0 Å². The van der Waals surface area contributed by atoms with E-state index in [1.807, 2.05) is 0 Å². The molecule has 0 bridgehead atoms. The van der Waals surface area contributed by atoms with E-state index in [0.29, 0.717) is 10.8 Å². The SMILES string of the molecule is CC1(Cc2cc3c(-c4ccccc4C(C)(C)C)cccc3[cH-]2)CCCCCCC1.CC1(Cc2cc3c(-c4ccccc4C(C)(C)C)cccc3[cH-]2)CCCCCCC1.C[Si](C)=[Zr+2].[Cl-].[Cl-]. The minimum absolute atomic E-state index is 0. The number of halogens is 2. The van der Waals surface area contributed by atoms with Crippen molar-refractivity contribution in [3.05, 3.63) is 131 Å². The van der Waals surface area contributed by atoms with E-state index in [-0.39, 0.29) is 41.1 Å². The third-order valence-electron chi connectivity index (χ3n) is 14.1. The smallest absolute Gasteiger partial charge is 1.00 e. The maximum absolute atomic E-state index is 2.53. The van der Waals surface area contributed by atoms with E-state index in [1.165, 1.54) is 169 Å². The summed E-state index contributed by atoms with van der Waals surface area (Å²) in [7, 11) is 0. The summed E-state index contributed by atoms with van der Waals surface area (Å²) in [5, 5.41) is 5.65. The van der Waals surface area contributed by atoms with E-state index in [4.69, 9.17) is 0 Å². The van der Waals surface area contributed by atoms with Gasteiger partial charge in [0.1, 0.15) is 0 Å². The zero-order chi connectivity index (χ0) is 44.5. The molecule has 0 amide bonds. The van der Waals surface area contributed by atoms with Gasteiger partial charge in [0.05, 0.1) is 0 Å². The molecule has 8 rings (SSSR count). The first-order chi connectivity index (χ1) is 29.4. The minimum Gasteiger partial charge on any atom is -1.00 e. The number of fused-ring (bicyclic) bond motifs is 2. The van der Waals surface area contributed by atoms with E-state index >= 15 is 0 Å². The van der Waals surface area contributed by atoms with Crippen molar-refractivity contribution in [2.45, 2.75) is 182 Å². The predicted molar refractivity (Wildman–Crippen MR) is 273 cm³/mol. The van der Waals surface area contributed by atoms with Crippen LogP contribution in [0.2, 0.25) is 13.1 Å². The predicted octanol–water partition coefficient (Wildman–Crippen LogP) is 12.4. The van der Waals surface area contributed by atoms with Crippen molar-refractivity contribution in [3.8, 4) is 22.3 Å². The Balaban J connectivity index is 0.000000252. The molecule has 0 radical (unpaired) electrons. The quantitative estimate of drug-likeness (QED) is 0.115.